The van der Waals surface area contributed by atoms with Crippen LogP contribution in [-0.4, -0.2) is 52.8 Å². The van der Waals surface area contributed by atoms with E-state index >= 15 is 0 Å². The lowest BCUT2D eigenvalue weighted by atomic mass is 9.33. The molecule has 7 aliphatic carbocycles. The fraction of sp³-hybridized carbons (Fsp3) is 0.740. The maximum absolute atomic E-state index is 14.2. The summed E-state index contributed by atoms with van der Waals surface area (Å²) in [4.78, 5) is 66.8. The van der Waals surface area contributed by atoms with Crippen LogP contribution in [0.3, 0.4) is 0 Å². The summed E-state index contributed by atoms with van der Waals surface area (Å²) in [6, 6.07) is 6.79. The summed E-state index contributed by atoms with van der Waals surface area (Å²) in [6.07, 6.45) is 10.2. The van der Waals surface area contributed by atoms with Gasteiger partial charge in [0, 0.05) is 40.8 Å². The Morgan fingerprint density at radius 2 is 1.50 bits per heavy atom. The monoisotopic (exact) mass is 844 g/mol. The number of allylic oxidation sites excluding steroid dienone is 2. The largest absolute Gasteiger partial charge is 0.481 e. The molecule has 0 radical (unpaired) electrons. The molecule has 1 aromatic carbocycles. The highest BCUT2D eigenvalue weighted by Crippen LogP contribution is 2.77. The molecule has 10 heteroatoms. The van der Waals surface area contributed by atoms with Gasteiger partial charge in [-0.15, -0.1) is 0 Å². The molecule has 1 aromatic rings. The number of Topliss-reactive ketones (excluding diaryl/α,β-unsaturated/α-hetero) is 1. The number of carbonyl (C=O) groups is 5. The van der Waals surface area contributed by atoms with Gasteiger partial charge in [-0.1, -0.05) is 79.5 Å². The predicted molar refractivity (Wildman–Crippen MR) is 231 cm³/mol. The molecular weight excluding hydrogens is 776 g/mol. The first kappa shape index (κ1) is 43.4. The number of amides is 2. The first-order valence-corrected chi connectivity index (χ1v) is 23.4. The molecule has 2 amide bonds. The Labute approximate surface area is 362 Å². The third-order valence-corrected chi connectivity index (χ3v) is 19.3. The molecule has 6 saturated carbocycles. The van der Waals surface area contributed by atoms with Gasteiger partial charge in [0.25, 0.3) is 5.91 Å². The van der Waals surface area contributed by atoms with Crippen LogP contribution in [-0.2, 0) is 23.9 Å². The number of fused-ring (bicyclic) bond motifs is 7. The molecule has 0 aromatic heterocycles. The van der Waals surface area contributed by atoms with Crippen molar-refractivity contribution in [2.24, 2.45) is 68.0 Å². The van der Waals surface area contributed by atoms with Crippen molar-refractivity contribution in [1.29, 1.82) is 0 Å². The van der Waals surface area contributed by atoms with Gasteiger partial charge in [0.2, 0.25) is 5.91 Å². The van der Waals surface area contributed by atoms with Crippen LogP contribution in [0.1, 0.15) is 156 Å². The zero-order valence-corrected chi connectivity index (χ0v) is 38.3. The molecule has 9 nitrogen and oxygen atoms in total. The fourth-order valence-corrected chi connectivity index (χ4v) is 15.3. The van der Waals surface area contributed by atoms with Crippen molar-refractivity contribution in [2.45, 2.75) is 157 Å². The number of hydrogen-bond donors (Lipinski definition) is 3. The Morgan fingerprint density at radius 3 is 2.12 bits per heavy atom. The van der Waals surface area contributed by atoms with Gasteiger partial charge in [-0.2, -0.15) is 0 Å². The number of carbonyl (C=O) groups excluding carboxylic acids is 4. The van der Waals surface area contributed by atoms with Gasteiger partial charge in [0.05, 0.1) is 17.4 Å². The van der Waals surface area contributed by atoms with Crippen molar-refractivity contribution in [3.05, 3.63) is 46.0 Å². The Kier molecular flexibility index (Phi) is 10.4. The summed E-state index contributed by atoms with van der Waals surface area (Å²) >= 11 is 6.03. The van der Waals surface area contributed by atoms with E-state index in [1.807, 2.05) is 13.8 Å². The average molecular weight is 846 g/mol. The molecule has 60 heavy (non-hydrogen) atoms. The lowest BCUT2D eigenvalue weighted by Gasteiger charge is -2.72. The molecular formula is C50H69ClN2O7. The number of aliphatic carboxylic acids is 1. The number of benzene rings is 1. The lowest BCUT2D eigenvalue weighted by Crippen LogP contribution is -2.66. The number of halogens is 1. The molecule has 0 bridgehead atoms. The highest BCUT2D eigenvalue weighted by atomic mass is 35.5. The second-order valence-electron chi connectivity index (χ2n) is 23.0. The van der Waals surface area contributed by atoms with E-state index in [-0.39, 0.29) is 63.2 Å². The van der Waals surface area contributed by atoms with Gasteiger partial charge >= 0.3 is 11.9 Å². The van der Waals surface area contributed by atoms with Gasteiger partial charge in [0.1, 0.15) is 6.10 Å². The van der Waals surface area contributed by atoms with E-state index in [4.69, 9.17) is 16.3 Å². The number of carboxylic acids is 1. The average Bonchev–Trinajstić information content (AvgIpc) is 3.84. The molecule has 6 fully saturated rings. The van der Waals surface area contributed by atoms with E-state index in [0.717, 1.165) is 69.8 Å². The summed E-state index contributed by atoms with van der Waals surface area (Å²) in [6.45, 7) is 20.6. The predicted octanol–water partition coefficient (Wildman–Crippen LogP) is 9.75. The summed E-state index contributed by atoms with van der Waals surface area (Å²) < 4.78 is 6.42. The van der Waals surface area contributed by atoms with Crippen LogP contribution in [0.15, 0.2) is 35.4 Å². The minimum Gasteiger partial charge on any atom is -0.481 e. The van der Waals surface area contributed by atoms with E-state index in [0.29, 0.717) is 48.2 Å². The summed E-state index contributed by atoms with van der Waals surface area (Å²) in [5.41, 5.74) is 1.02. The quantitative estimate of drug-likeness (QED) is 0.199. The number of ether oxygens (including phenoxy) is 1. The molecule has 8 rings (SSSR count). The van der Waals surface area contributed by atoms with Crippen LogP contribution >= 0.6 is 11.6 Å². The maximum Gasteiger partial charge on any atom is 0.309 e. The molecule has 328 valence electrons. The van der Waals surface area contributed by atoms with Crippen molar-refractivity contribution in [3.63, 3.8) is 0 Å². The summed E-state index contributed by atoms with van der Waals surface area (Å²) in [5, 5.41) is 16.6. The van der Waals surface area contributed by atoms with Gasteiger partial charge < -0.3 is 20.5 Å². The Balaban J connectivity index is 0.995. The first-order chi connectivity index (χ1) is 27.9. The van der Waals surface area contributed by atoms with Crippen LogP contribution in [0, 0.1) is 68.0 Å². The van der Waals surface area contributed by atoms with E-state index < -0.39 is 34.2 Å². The smallest absolute Gasteiger partial charge is 0.309 e. The second kappa shape index (κ2) is 14.4. The van der Waals surface area contributed by atoms with Crippen molar-refractivity contribution >= 4 is 41.1 Å². The summed E-state index contributed by atoms with van der Waals surface area (Å²) in [7, 11) is 0. The zero-order valence-electron chi connectivity index (χ0n) is 37.5. The fourth-order valence-electron chi connectivity index (χ4n) is 15.2. The standard InChI is InChI=1S/C50H69ClN2O7/c1-28(2)39-34(54)25-49(26-38(55)53-50(22-23-50)27-52-41(56)29-10-12-30(51)13-11-29)21-20-47(8)31(40(39)49)14-15-36-46(7)18-17-37(45(5,6)35(46)16-19-48(36,47)9)60-43(59)33-24-32(42(57)58)44(33,3)4/h10-13,28,31-33,35-37H,14-27H2,1-9H3,(H,52,56)(H,53,55)(H,57,58)/t31-,32+,33-,35+,36-,37+,46+,47-,48-,49+/m1/s1. The number of ketones is 1. The third-order valence-electron chi connectivity index (χ3n) is 19.1. The molecule has 7 aliphatic rings. The zero-order chi connectivity index (χ0) is 43.6. The number of nitrogens with one attached hydrogen (secondary N) is 2. The van der Waals surface area contributed by atoms with Crippen molar-refractivity contribution in [3.8, 4) is 0 Å². The Bertz CT molecular complexity index is 2020. The number of hydrogen-bond acceptors (Lipinski definition) is 6. The molecule has 0 aliphatic heterocycles. The van der Waals surface area contributed by atoms with Crippen LogP contribution in [0.4, 0.5) is 0 Å². The van der Waals surface area contributed by atoms with Crippen LogP contribution in [0.5, 0.6) is 0 Å². The topological polar surface area (TPSA) is 139 Å². The van der Waals surface area contributed by atoms with E-state index in [1.165, 1.54) is 5.57 Å². The molecule has 0 saturated heterocycles. The highest BCUT2D eigenvalue weighted by Gasteiger charge is 2.70. The second-order valence-corrected chi connectivity index (χ2v) is 23.4. The van der Waals surface area contributed by atoms with E-state index in [2.05, 4.69) is 59.1 Å². The third kappa shape index (κ3) is 6.53. The van der Waals surface area contributed by atoms with Crippen molar-refractivity contribution in [1.82, 2.24) is 10.6 Å². The lowest BCUT2D eigenvalue weighted by molar-refractivity contribution is -0.236. The molecule has 3 N–H and O–H groups in total. The number of esters is 1. The Morgan fingerprint density at radius 1 is 0.817 bits per heavy atom. The van der Waals surface area contributed by atoms with Gasteiger partial charge in [-0.05, 0) is 146 Å². The maximum atomic E-state index is 14.2. The molecule has 0 spiro atoms. The van der Waals surface area contributed by atoms with E-state index in [9.17, 15) is 29.1 Å². The highest BCUT2D eigenvalue weighted by molar-refractivity contribution is 6.30. The minimum atomic E-state index is -0.839. The minimum absolute atomic E-state index is 0.0256. The van der Waals surface area contributed by atoms with Gasteiger partial charge in [0.15, 0.2) is 5.78 Å². The first-order valence-electron chi connectivity index (χ1n) is 23.0. The van der Waals surface area contributed by atoms with Crippen molar-refractivity contribution in [2.75, 3.05) is 6.54 Å². The number of rotatable bonds is 10. The molecule has 0 unspecified atom stereocenters. The van der Waals surface area contributed by atoms with E-state index in [1.54, 1.807) is 24.3 Å². The molecule has 0 heterocycles. The molecule has 10 atom stereocenters. The summed E-state index contributed by atoms with van der Waals surface area (Å²) in [5.74, 6) is -0.853. The van der Waals surface area contributed by atoms with Crippen LogP contribution in [0.2, 0.25) is 5.02 Å². The Hall–Kier alpha value is -3.20. The van der Waals surface area contributed by atoms with Crippen molar-refractivity contribution < 1.29 is 33.8 Å². The number of carboxylic acid groups (broad SMARTS) is 1. The van der Waals surface area contributed by atoms with Crippen LogP contribution in [0.25, 0.3) is 0 Å². The van der Waals surface area contributed by atoms with Gasteiger partial charge in [-0.3, -0.25) is 24.0 Å². The SMILES string of the molecule is CC(C)C1=C2[C@H]3CC[C@@H]4[C@@]5(C)CC[C@H](OC(=O)[C@H]6C[C@@H](C(=O)O)C6(C)C)C(C)(C)[C@@H]5CC[C@@]4(C)[C@]3(C)CC[C@@]2(CC(=O)NC2(CNC(=O)c3ccc(Cl)cc3)CC2)CC1=O. The van der Waals surface area contributed by atoms with Crippen LogP contribution < -0.4 is 10.6 Å². The normalized spacial score (nSPS) is 39.3. The van der Waals surface area contributed by atoms with Gasteiger partial charge in [-0.25, -0.2) is 0 Å².